The van der Waals surface area contributed by atoms with Crippen LogP contribution in [0.2, 0.25) is 0 Å². The minimum absolute atomic E-state index is 0.204. The molecule has 1 atom stereocenters. The summed E-state index contributed by atoms with van der Waals surface area (Å²) in [7, 11) is 1.40. The van der Waals surface area contributed by atoms with Crippen LogP contribution in [0.3, 0.4) is 0 Å². The van der Waals surface area contributed by atoms with Crippen molar-refractivity contribution in [3.05, 3.63) is 71.9 Å². The first-order valence-electron chi connectivity index (χ1n) is 7.54. The zero-order valence-corrected chi connectivity index (χ0v) is 13.2. The molecule has 5 nitrogen and oxygen atoms in total. The van der Waals surface area contributed by atoms with Gasteiger partial charge in [0.25, 0.3) is 0 Å². The van der Waals surface area contributed by atoms with Crippen molar-refractivity contribution in [2.75, 3.05) is 13.7 Å². The van der Waals surface area contributed by atoms with Crippen molar-refractivity contribution in [1.29, 1.82) is 0 Å². The summed E-state index contributed by atoms with van der Waals surface area (Å²) in [6.07, 6.45) is 0.639. The van der Waals surface area contributed by atoms with Crippen LogP contribution in [0.25, 0.3) is 10.9 Å². The molecule has 0 aliphatic rings. The first-order valence-corrected chi connectivity index (χ1v) is 7.54. The lowest BCUT2D eigenvalue weighted by Crippen LogP contribution is -2.22. The summed E-state index contributed by atoms with van der Waals surface area (Å²) in [5.41, 5.74) is 1.97. The first kappa shape index (κ1) is 16.0. The molecule has 5 heteroatoms. The van der Waals surface area contributed by atoms with Crippen molar-refractivity contribution in [1.82, 2.24) is 4.98 Å². The van der Waals surface area contributed by atoms with Gasteiger partial charge in [-0.3, -0.25) is 4.79 Å². The van der Waals surface area contributed by atoms with Gasteiger partial charge in [-0.05, 0) is 6.07 Å². The maximum absolute atomic E-state index is 13.0. The number of para-hydroxylation sites is 1. The van der Waals surface area contributed by atoms with Crippen LogP contribution in [0.4, 0.5) is 0 Å². The van der Waals surface area contributed by atoms with Gasteiger partial charge in [0.05, 0.1) is 0 Å². The van der Waals surface area contributed by atoms with Gasteiger partial charge in [0.15, 0.2) is 6.10 Å². The second-order valence-electron chi connectivity index (χ2n) is 5.33. The monoisotopic (exact) mass is 323 g/mol. The van der Waals surface area contributed by atoms with E-state index < -0.39 is 12.1 Å². The fourth-order valence-electron chi connectivity index (χ4n) is 2.60. The van der Waals surface area contributed by atoms with Gasteiger partial charge in [-0.2, -0.15) is 0 Å². The van der Waals surface area contributed by atoms with E-state index in [4.69, 9.17) is 9.47 Å². The van der Waals surface area contributed by atoms with Gasteiger partial charge in [-0.25, -0.2) is 4.79 Å². The molecule has 0 radical (unpaired) electrons. The molecule has 0 saturated carbocycles. The number of carbonyl (C=O) groups is 2. The number of carbonyl (C=O) groups excluding carboxylic acids is 2. The van der Waals surface area contributed by atoms with Crippen molar-refractivity contribution in [3.63, 3.8) is 0 Å². The number of ketones is 1. The highest BCUT2D eigenvalue weighted by Gasteiger charge is 2.27. The van der Waals surface area contributed by atoms with E-state index in [9.17, 15) is 9.59 Å². The van der Waals surface area contributed by atoms with Crippen LogP contribution in [0.5, 0.6) is 0 Å². The topological polar surface area (TPSA) is 68.4 Å². The summed E-state index contributed by atoms with van der Waals surface area (Å²) < 4.78 is 10.2. The Labute approximate surface area is 139 Å². The molecule has 0 spiro atoms. The third kappa shape index (κ3) is 3.21. The molecule has 3 rings (SSSR count). The van der Waals surface area contributed by atoms with Crippen LogP contribution in [-0.2, 0) is 14.3 Å². The van der Waals surface area contributed by atoms with Gasteiger partial charge in [0, 0.05) is 35.3 Å². The van der Waals surface area contributed by atoms with E-state index in [1.54, 1.807) is 30.5 Å². The van der Waals surface area contributed by atoms with E-state index in [0.29, 0.717) is 11.1 Å². The van der Waals surface area contributed by atoms with Gasteiger partial charge in [-0.15, -0.1) is 0 Å². The number of Topliss-reactive ketones (excluding diaryl/α,β-unsaturated/α-hetero) is 1. The minimum Gasteiger partial charge on any atom is -0.447 e. The number of nitrogens with one attached hydrogen (secondary N) is 1. The molecule has 0 saturated heterocycles. The SMILES string of the molecule is COCC(=O)O[C@@H](C(=O)c1c[nH]c2ccccc12)c1ccccc1. The molecular weight excluding hydrogens is 306 g/mol. The van der Waals surface area contributed by atoms with Crippen LogP contribution in [-0.4, -0.2) is 30.5 Å². The van der Waals surface area contributed by atoms with Crippen LogP contribution < -0.4 is 0 Å². The molecule has 1 heterocycles. The maximum Gasteiger partial charge on any atom is 0.333 e. The van der Waals surface area contributed by atoms with Gasteiger partial charge < -0.3 is 14.5 Å². The molecule has 1 N–H and O–H groups in total. The third-order valence-electron chi connectivity index (χ3n) is 3.71. The number of aromatic nitrogens is 1. The fraction of sp³-hybridized carbons (Fsp3) is 0.158. The van der Waals surface area contributed by atoms with Crippen molar-refractivity contribution in [3.8, 4) is 0 Å². The number of benzene rings is 2. The Balaban J connectivity index is 1.98. The summed E-state index contributed by atoms with van der Waals surface area (Å²) in [5, 5.41) is 0.797. The Kier molecular flexibility index (Phi) is 4.72. The standard InChI is InChI=1S/C19H17NO4/c1-23-12-17(21)24-19(13-7-3-2-4-8-13)18(22)15-11-20-16-10-6-5-9-14(15)16/h2-11,19-20H,12H2,1H3/t19-/m1/s1. The predicted octanol–water partition coefficient (Wildman–Crippen LogP) is 3.28. The second-order valence-corrected chi connectivity index (χ2v) is 5.33. The number of esters is 1. The molecular formula is C19H17NO4. The van der Waals surface area contributed by atoms with Gasteiger partial charge in [0.1, 0.15) is 6.61 Å². The molecule has 1 aromatic heterocycles. The molecule has 2 aromatic carbocycles. The maximum atomic E-state index is 13.0. The molecule has 0 aliphatic carbocycles. The highest BCUT2D eigenvalue weighted by molar-refractivity contribution is 6.10. The zero-order chi connectivity index (χ0) is 16.9. The Hall–Kier alpha value is -2.92. The molecule has 24 heavy (non-hydrogen) atoms. The quantitative estimate of drug-likeness (QED) is 0.558. The van der Waals surface area contributed by atoms with Crippen molar-refractivity contribution in [2.45, 2.75) is 6.10 Å². The lowest BCUT2D eigenvalue weighted by Gasteiger charge is -2.17. The summed E-state index contributed by atoms with van der Waals surface area (Å²) in [6, 6.07) is 16.5. The minimum atomic E-state index is -1.01. The van der Waals surface area contributed by atoms with E-state index in [1.807, 2.05) is 30.3 Å². The number of ether oxygens (including phenoxy) is 2. The average molecular weight is 323 g/mol. The number of aromatic amines is 1. The number of H-pyrrole nitrogens is 1. The normalized spacial score (nSPS) is 12.0. The largest absolute Gasteiger partial charge is 0.447 e. The predicted molar refractivity (Wildman–Crippen MR) is 89.8 cm³/mol. The van der Waals surface area contributed by atoms with E-state index >= 15 is 0 Å². The van der Waals surface area contributed by atoms with Crippen LogP contribution in [0.15, 0.2) is 60.8 Å². The molecule has 0 amide bonds. The lowest BCUT2D eigenvalue weighted by atomic mass is 9.99. The summed E-state index contributed by atoms with van der Waals surface area (Å²) in [5.74, 6) is -0.859. The highest BCUT2D eigenvalue weighted by atomic mass is 16.6. The first-order chi connectivity index (χ1) is 11.7. The average Bonchev–Trinajstić information content (AvgIpc) is 3.04. The van der Waals surface area contributed by atoms with E-state index in [2.05, 4.69) is 4.98 Å². The molecule has 0 aliphatic heterocycles. The second kappa shape index (κ2) is 7.10. The third-order valence-corrected chi connectivity index (χ3v) is 3.71. The Morgan fingerprint density at radius 1 is 1.04 bits per heavy atom. The smallest absolute Gasteiger partial charge is 0.333 e. The van der Waals surface area contributed by atoms with Crippen LogP contribution in [0.1, 0.15) is 22.0 Å². The van der Waals surface area contributed by atoms with E-state index in [-0.39, 0.29) is 12.4 Å². The van der Waals surface area contributed by atoms with Crippen molar-refractivity contribution in [2.24, 2.45) is 0 Å². The number of methoxy groups -OCH3 is 1. The molecule has 0 unspecified atom stereocenters. The zero-order valence-electron chi connectivity index (χ0n) is 13.2. The lowest BCUT2D eigenvalue weighted by molar-refractivity contribution is -0.151. The van der Waals surface area contributed by atoms with E-state index in [1.165, 1.54) is 7.11 Å². The Morgan fingerprint density at radius 3 is 2.50 bits per heavy atom. The summed E-state index contributed by atoms with van der Waals surface area (Å²) in [4.78, 5) is 27.9. The highest BCUT2D eigenvalue weighted by Crippen LogP contribution is 2.27. The van der Waals surface area contributed by atoms with Gasteiger partial charge >= 0.3 is 5.97 Å². The number of hydrogen-bond acceptors (Lipinski definition) is 4. The Bertz CT molecular complexity index is 854. The molecule has 0 fully saturated rings. The fourth-order valence-corrected chi connectivity index (χ4v) is 2.60. The van der Waals surface area contributed by atoms with Gasteiger partial charge in [0.2, 0.25) is 5.78 Å². The number of hydrogen-bond donors (Lipinski definition) is 1. The van der Waals surface area contributed by atoms with Gasteiger partial charge in [-0.1, -0.05) is 48.5 Å². The van der Waals surface area contributed by atoms with Crippen molar-refractivity contribution < 1.29 is 19.1 Å². The van der Waals surface area contributed by atoms with E-state index in [0.717, 1.165) is 10.9 Å². The molecule has 3 aromatic rings. The molecule has 0 bridgehead atoms. The van der Waals surface area contributed by atoms with Crippen molar-refractivity contribution >= 4 is 22.7 Å². The van der Waals surface area contributed by atoms with Crippen LogP contribution in [0, 0.1) is 0 Å². The number of rotatable bonds is 6. The Morgan fingerprint density at radius 2 is 1.75 bits per heavy atom. The number of fused-ring (bicyclic) bond motifs is 1. The molecule has 122 valence electrons. The summed E-state index contributed by atoms with van der Waals surface area (Å²) >= 11 is 0. The summed E-state index contributed by atoms with van der Waals surface area (Å²) in [6.45, 7) is -0.204. The van der Waals surface area contributed by atoms with Crippen LogP contribution >= 0.6 is 0 Å².